The summed E-state index contributed by atoms with van der Waals surface area (Å²) < 4.78 is 11.9. The van der Waals surface area contributed by atoms with Gasteiger partial charge in [-0.3, -0.25) is 14.9 Å². The second-order valence-corrected chi connectivity index (χ2v) is 9.80. The summed E-state index contributed by atoms with van der Waals surface area (Å²) in [5.41, 5.74) is 1.88. The van der Waals surface area contributed by atoms with E-state index >= 15 is 0 Å². The third kappa shape index (κ3) is 8.58. The number of rotatable bonds is 10. The van der Waals surface area contributed by atoms with Crippen molar-refractivity contribution in [2.45, 2.75) is 27.2 Å². The summed E-state index contributed by atoms with van der Waals surface area (Å²) >= 11 is 8.80. The second-order valence-electron chi connectivity index (χ2n) is 8.54. The summed E-state index contributed by atoms with van der Waals surface area (Å²) in [6.07, 6.45) is 0.939. The lowest BCUT2D eigenvalue weighted by atomic mass is 10.1. The van der Waals surface area contributed by atoms with E-state index in [1.807, 2.05) is 6.92 Å². The van der Waals surface area contributed by atoms with Gasteiger partial charge in [0.1, 0.15) is 11.5 Å². The zero-order chi connectivity index (χ0) is 26.8. The lowest BCUT2D eigenvalue weighted by Gasteiger charge is -2.14. The number of carbonyl (C=O) groups is 2. The molecule has 0 spiro atoms. The maximum atomic E-state index is 12.9. The lowest BCUT2D eigenvalue weighted by Crippen LogP contribution is -2.34. The van der Waals surface area contributed by atoms with Crippen LogP contribution in [0.4, 0.5) is 11.4 Å². The van der Waals surface area contributed by atoms with Gasteiger partial charge in [-0.25, -0.2) is 0 Å². The summed E-state index contributed by atoms with van der Waals surface area (Å²) in [5.74, 6) is 1.23. The molecule has 3 aromatic carbocycles. The Morgan fingerprint density at radius 3 is 2.35 bits per heavy atom. The Bertz CT molecular complexity index is 1250. The molecular weight excluding hydrogens is 554 g/mol. The smallest absolute Gasteiger partial charge is 0.257 e. The number of thiocarbonyl (C=S) groups is 1. The van der Waals surface area contributed by atoms with Gasteiger partial charge in [-0.15, -0.1) is 0 Å². The fourth-order valence-corrected chi connectivity index (χ4v) is 3.98. The SMILES string of the molecule is CCOc1ccc(NC(=O)c2ccccc2NC(=S)NC(=O)c2ccc(OCCC(C)C)c(Br)c2)cc1. The molecule has 9 heteroatoms. The molecule has 0 aliphatic rings. The molecule has 3 aromatic rings. The summed E-state index contributed by atoms with van der Waals surface area (Å²) in [6, 6.07) is 19.1. The summed E-state index contributed by atoms with van der Waals surface area (Å²) in [5, 5.41) is 8.53. The number of anilines is 2. The molecule has 0 atom stereocenters. The highest BCUT2D eigenvalue weighted by molar-refractivity contribution is 9.10. The maximum Gasteiger partial charge on any atom is 0.257 e. The third-order valence-corrected chi connectivity index (χ3v) is 6.04. The maximum absolute atomic E-state index is 12.9. The van der Waals surface area contributed by atoms with E-state index < -0.39 is 0 Å². The Hall–Kier alpha value is -3.43. The minimum Gasteiger partial charge on any atom is -0.494 e. The van der Waals surface area contributed by atoms with Crippen LogP contribution in [0.5, 0.6) is 11.5 Å². The second kappa shape index (κ2) is 13.8. The molecule has 0 unspecified atom stereocenters. The van der Waals surface area contributed by atoms with Gasteiger partial charge in [0, 0.05) is 11.3 Å². The zero-order valence-electron chi connectivity index (χ0n) is 21.0. The molecule has 3 N–H and O–H groups in total. The normalized spacial score (nSPS) is 10.5. The first-order valence-electron chi connectivity index (χ1n) is 11.9. The first-order valence-corrected chi connectivity index (χ1v) is 13.1. The quantitative estimate of drug-likeness (QED) is 0.231. The van der Waals surface area contributed by atoms with E-state index in [1.54, 1.807) is 66.7 Å². The van der Waals surface area contributed by atoms with E-state index in [1.165, 1.54) is 0 Å². The number of nitrogens with one attached hydrogen (secondary N) is 3. The van der Waals surface area contributed by atoms with Crippen molar-refractivity contribution in [3.63, 3.8) is 0 Å². The molecule has 7 nitrogen and oxygen atoms in total. The van der Waals surface area contributed by atoms with Gasteiger partial charge in [0.05, 0.1) is 28.9 Å². The highest BCUT2D eigenvalue weighted by Gasteiger charge is 2.15. The van der Waals surface area contributed by atoms with Crippen LogP contribution < -0.4 is 25.4 Å². The van der Waals surface area contributed by atoms with Crippen molar-refractivity contribution in [1.29, 1.82) is 0 Å². The number of amides is 2. The predicted octanol–water partition coefficient (Wildman–Crippen LogP) is 6.65. The average molecular weight is 585 g/mol. The van der Waals surface area contributed by atoms with Crippen molar-refractivity contribution in [1.82, 2.24) is 5.32 Å². The van der Waals surface area contributed by atoms with E-state index in [0.717, 1.165) is 12.2 Å². The number of carbonyl (C=O) groups excluding carboxylic acids is 2. The minimum atomic E-state index is -0.386. The monoisotopic (exact) mass is 583 g/mol. The largest absolute Gasteiger partial charge is 0.494 e. The first kappa shape index (κ1) is 28.1. The number of para-hydroxylation sites is 1. The molecule has 3 rings (SSSR count). The summed E-state index contributed by atoms with van der Waals surface area (Å²) in [4.78, 5) is 25.7. The number of ether oxygens (including phenoxy) is 2. The fraction of sp³-hybridized carbons (Fsp3) is 0.250. The van der Waals surface area contributed by atoms with Crippen LogP contribution in [0.2, 0.25) is 0 Å². The molecule has 0 fully saturated rings. The van der Waals surface area contributed by atoms with Gasteiger partial charge in [-0.05, 0) is 102 Å². The Labute approximate surface area is 231 Å². The van der Waals surface area contributed by atoms with Gasteiger partial charge in [-0.1, -0.05) is 26.0 Å². The summed E-state index contributed by atoms with van der Waals surface area (Å²) in [7, 11) is 0. The molecule has 37 heavy (non-hydrogen) atoms. The molecule has 0 heterocycles. The minimum absolute atomic E-state index is 0.0692. The third-order valence-electron chi connectivity index (χ3n) is 5.22. The van der Waals surface area contributed by atoms with Crippen molar-refractivity contribution in [2.24, 2.45) is 5.92 Å². The molecule has 0 bridgehead atoms. The molecule has 0 aliphatic heterocycles. The zero-order valence-corrected chi connectivity index (χ0v) is 23.4. The van der Waals surface area contributed by atoms with Gasteiger partial charge in [0.2, 0.25) is 0 Å². The molecule has 0 radical (unpaired) electrons. The van der Waals surface area contributed by atoms with Gasteiger partial charge in [-0.2, -0.15) is 0 Å². The Balaban J connectivity index is 1.61. The van der Waals surface area contributed by atoms with Crippen LogP contribution >= 0.6 is 28.1 Å². The number of benzene rings is 3. The van der Waals surface area contributed by atoms with E-state index in [9.17, 15) is 9.59 Å². The topological polar surface area (TPSA) is 88.7 Å². The molecule has 194 valence electrons. The van der Waals surface area contributed by atoms with Crippen LogP contribution in [0.25, 0.3) is 0 Å². The number of hydrogen-bond donors (Lipinski definition) is 3. The van der Waals surface area contributed by atoms with Gasteiger partial charge in [0.15, 0.2) is 5.11 Å². The van der Waals surface area contributed by atoms with Crippen LogP contribution in [0.1, 0.15) is 47.9 Å². The number of hydrogen-bond acceptors (Lipinski definition) is 5. The van der Waals surface area contributed by atoms with Crippen LogP contribution in [0.3, 0.4) is 0 Å². The van der Waals surface area contributed by atoms with Gasteiger partial charge >= 0.3 is 0 Å². The van der Waals surface area contributed by atoms with Gasteiger partial charge in [0.25, 0.3) is 11.8 Å². The van der Waals surface area contributed by atoms with E-state index in [-0.39, 0.29) is 16.9 Å². The van der Waals surface area contributed by atoms with Crippen molar-refractivity contribution in [3.8, 4) is 11.5 Å². The Kier molecular flexibility index (Phi) is 10.5. The molecular formula is C28H30BrN3O4S. The molecule has 0 aliphatic carbocycles. The van der Waals surface area contributed by atoms with Crippen LogP contribution in [-0.4, -0.2) is 30.1 Å². The van der Waals surface area contributed by atoms with Crippen molar-refractivity contribution in [3.05, 3.63) is 82.3 Å². The molecule has 0 saturated carbocycles. The van der Waals surface area contributed by atoms with E-state index in [0.29, 0.717) is 51.9 Å². The molecule has 0 aromatic heterocycles. The highest BCUT2D eigenvalue weighted by atomic mass is 79.9. The van der Waals surface area contributed by atoms with Crippen molar-refractivity contribution >= 4 is 56.4 Å². The van der Waals surface area contributed by atoms with Crippen LogP contribution in [-0.2, 0) is 0 Å². The Morgan fingerprint density at radius 2 is 1.68 bits per heavy atom. The molecule has 0 saturated heterocycles. The molecule has 2 amide bonds. The predicted molar refractivity (Wildman–Crippen MR) is 155 cm³/mol. The van der Waals surface area contributed by atoms with Crippen molar-refractivity contribution in [2.75, 3.05) is 23.8 Å². The first-order chi connectivity index (χ1) is 17.8. The van der Waals surface area contributed by atoms with Crippen molar-refractivity contribution < 1.29 is 19.1 Å². The average Bonchev–Trinajstić information content (AvgIpc) is 2.86. The van der Waals surface area contributed by atoms with E-state index in [2.05, 4.69) is 45.7 Å². The standard InChI is InChI=1S/C28H30BrN3O4S/c1-4-35-21-12-10-20(11-13-21)30-27(34)22-7-5-6-8-24(22)31-28(37)32-26(33)19-9-14-25(23(29)17-19)36-16-15-18(2)3/h5-14,17-18H,4,15-16H2,1-3H3,(H,30,34)(H2,31,32,33,37). The summed E-state index contributed by atoms with van der Waals surface area (Å²) in [6.45, 7) is 7.34. The van der Waals surface area contributed by atoms with Crippen LogP contribution in [0, 0.1) is 5.92 Å². The number of halogens is 1. The Morgan fingerprint density at radius 1 is 0.946 bits per heavy atom. The highest BCUT2D eigenvalue weighted by Crippen LogP contribution is 2.26. The van der Waals surface area contributed by atoms with Gasteiger partial charge < -0.3 is 20.1 Å². The van der Waals surface area contributed by atoms with Crippen LogP contribution in [0.15, 0.2) is 71.2 Å². The lowest BCUT2D eigenvalue weighted by molar-refractivity contribution is 0.0976. The van der Waals surface area contributed by atoms with E-state index in [4.69, 9.17) is 21.7 Å². The fourth-order valence-electron chi connectivity index (χ4n) is 3.28.